The Kier molecular flexibility index (Phi) is 4.43. The zero-order valence-corrected chi connectivity index (χ0v) is 12.8. The average molecular weight is 347 g/mol. The Morgan fingerprint density at radius 1 is 1.00 bits per heavy atom. The third kappa shape index (κ3) is 3.21. The molecule has 0 saturated carbocycles. The average Bonchev–Trinajstić information content (AvgIpc) is 2.56. The van der Waals surface area contributed by atoms with Crippen molar-refractivity contribution in [1.82, 2.24) is 15.0 Å². The Morgan fingerprint density at radius 3 is 2.33 bits per heavy atom. The van der Waals surface area contributed by atoms with Crippen molar-refractivity contribution in [3.63, 3.8) is 0 Å². The predicted molar refractivity (Wildman–Crippen MR) is 84.6 cm³/mol. The summed E-state index contributed by atoms with van der Waals surface area (Å²) in [6.07, 6.45) is 4.18. The second kappa shape index (κ2) is 6.67. The van der Waals surface area contributed by atoms with E-state index in [4.69, 9.17) is 11.6 Å². The van der Waals surface area contributed by atoms with Gasteiger partial charge in [-0.1, -0.05) is 29.8 Å². The maximum atomic E-state index is 13.5. The molecule has 0 aliphatic rings. The molecule has 1 aromatic carbocycles. The molecule has 0 saturated heterocycles. The van der Waals surface area contributed by atoms with Gasteiger partial charge >= 0.3 is 0 Å². The predicted octanol–water partition coefficient (Wildman–Crippen LogP) is 3.72. The highest BCUT2D eigenvalue weighted by Gasteiger charge is 2.18. The number of amides is 1. The monoisotopic (exact) mass is 346 g/mol. The van der Waals surface area contributed by atoms with E-state index < -0.39 is 23.1 Å². The van der Waals surface area contributed by atoms with Crippen LogP contribution >= 0.6 is 11.6 Å². The lowest BCUT2D eigenvalue weighted by atomic mass is 10.1. The lowest BCUT2D eigenvalue weighted by Crippen LogP contribution is -2.17. The number of halogens is 3. The lowest BCUT2D eigenvalue weighted by molar-refractivity contribution is 0.101. The molecule has 0 atom stereocenters. The van der Waals surface area contributed by atoms with Crippen LogP contribution in [0.5, 0.6) is 0 Å². The zero-order chi connectivity index (χ0) is 17.1. The fourth-order valence-corrected chi connectivity index (χ4v) is 2.24. The van der Waals surface area contributed by atoms with Crippen molar-refractivity contribution in [3.8, 4) is 11.3 Å². The van der Waals surface area contributed by atoms with Crippen molar-refractivity contribution in [2.45, 2.75) is 0 Å². The summed E-state index contributed by atoms with van der Waals surface area (Å²) in [5.74, 6) is -3.06. The molecule has 0 aliphatic heterocycles. The molecular weight excluding hydrogens is 338 g/mol. The number of carbonyl (C=O) groups is 1. The van der Waals surface area contributed by atoms with Crippen molar-refractivity contribution < 1.29 is 13.6 Å². The van der Waals surface area contributed by atoms with Gasteiger partial charge in [0.05, 0.1) is 35.5 Å². The summed E-state index contributed by atoms with van der Waals surface area (Å²) in [5, 5.41) is 2.78. The molecule has 5 nitrogen and oxygen atoms in total. The first-order valence-corrected chi connectivity index (χ1v) is 7.11. The van der Waals surface area contributed by atoms with E-state index in [0.717, 1.165) is 12.4 Å². The highest BCUT2D eigenvalue weighted by Crippen LogP contribution is 2.25. The molecule has 1 N–H and O–H groups in total. The van der Waals surface area contributed by atoms with E-state index in [1.54, 1.807) is 24.3 Å². The van der Waals surface area contributed by atoms with E-state index in [2.05, 4.69) is 20.3 Å². The largest absolute Gasteiger partial charge is 0.305 e. The van der Waals surface area contributed by atoms with Crippen molar-refractivity contribution >= 4 is 23.3 Å². The van der Waals surface area contributed by atoms with Crippen LogP contribution in [-0.4, -0.2) is 20.9 Å². The summed E-state index contributed by atoms with van der Waals surface area (Å²) in [7, 11) is 0. The van der Waals surface area contributed by atoms with Crippen molar-refractivity contribution in [2.24, 2.45) is 0 Å². The number of nitrogens with one attached hydrogen (secondary N) is 1. The Bertz CT molecular complexity index is 883. The molecule has 2 aromatic heterocycles. The Labute approximate surface area is 140 Å². The zero-order valence-electron chi connectivity index (χ0n) is 12.0. The molecule has 0 fully saturated rings. The van der Waals surface area contributed by atoms with Gasteiger partial charge < -0.3 is 5.32 Å². The number of anilines is 1. The van der Waals surface area contributed by atoms with Gasteiger partial charge in [-0.15, -0.1) is 0 Å². The van der Waals surface area contributed by atoms with E-state index in [1.807, 2.05) is 0 Å². The minimum absolute atomic E-state index is 0.0476. The van der Waals surface area contributed by atoms with Crippen LogP contribution in [0.2, 0.25) is 5.02 Å². The van der Waals surface area contributed by atoms with Crippen molar-refractivity contribution in [3.05, 3.63) is 71.3 Å². The van der Waals surface area contributed by atoms with Gasteiger partial charge in [-0.3, -0.25) is 14.8 Å². The van der Waals surface area contributed by atoms with E-state index in [1.165, 1.54) is 12.4 Å². The second-order valence-electron chi connectivity index (χ2n) is 4.70. The van der Waals surface area contributed by atoms with Crippen LogP contribution in [0.3, 0.4) is 0 Å². The molecule has 0 radical (unpaired) electrons. The smallest absolute Gasteiger partial charge is 0.262 e. The third-order valence-corrected chi connectivity index (χ3v) is 3.45. The van der Waals surface area contributed by atoms with Gasteiger partial charge in [-0.25, -0.2) is 13.8 Å². The first-order chi connectivity index (χ1) is 11.6. The fraction of sp³-hybridized carbons (Fsp3) is 0. The minimum Gasteiger partial charge on any atom is -0.305 e. The first kappa shape index (κ1) is 15.9. The van der Waals surface area contributed by atoms with Crippen molar-refractivity contribution in [2.75, 3.05) is 5.32 Å². The van der Waals surface area contributed by atoms with E-state index in [9.17, 15) is 13.6 Å². The molecule has 1 amide bonds. The van der Waals surface area contributed by atoms with Crippen LogP contribution < -0.4 is 5.32 Å². The fourth-order valence-electron chi connectivity index (χ4n) is 2.01. The summed E-state index contributed by atoms with van der Waals surface area (Å²) in [5.41, 5.74) is 0.442. The number of rotatable bonds is 3. The van der Waals surface area contributed by atoms with Gasteiger partial charge in [0.15, 0.2) is 17.5 Å². The topological polar surface area (TPSA) is 67.8 Å². The minimum atomic E-state index is -1.06. The molecule has 24 heavy (non-hydrogen) atoms. The molecule has 0 spiro atoms. The normalized spacial score (nSPS) is 10.5. The number of hydrogen-bond donors (Lipinski definition) is 1. The number of aromatic nitrogens is 3. The number of benzene rings is 1. The summed E-state index contributed by atoms with van der Waals surface area (Å²) in [6.45, 7) is 0. The summed E-state index contributed by atoms with van der Waals surface area (Å²) in [4.78, 5) is 23.4. The molecule has 3 rings (SSSR count). The molecule has 3 aromatic rings. The second-order valence-corrected chi connectivity index (χ2v) is 5.11. The maximum Gasteiger partial charge on any atom is 0.262 e. The Morgan fingerprint density at radius 2 is 1.71 bits per heavy atom. The molecule has 0 aliphatic carbocycles. The summed E-state index contributed by atoms with van der Waals surface area (Å²) >= 11 is 6.07. The lowest BCUT2D eigenvalue weighted by Gasteiger charge is -2.07. The number of carbonyl (C=O) groups excluding carboxylic acids is 1. The van der Waals surface area contributed by atoms with E-state index in [0.29, 0.717) is 16.3 Å². The molecule has 8 heteroatoms. The number of hydrogen-bond acceptors (Lipinski definition) is 4. The first-order valence-electron chi connectivity index (χ1n) is 6.73. The molecule has 2 heterocycles. The summed E-state index contributed by atoms with van der Waals surface area (Å²) < 4.78 is 27.0. The Hall–Kier alpha value is -2.93. The van der Waals surface area contributed by atoms with Gasteiger partial charge in [-0.05, 0) is 6.07 Å². The number of nitrogens with zero attached hydrogens (tertiary/aromatic N) is 3. The van der Waals surface area contributed by atoms with Crippen molar-refractivity contribution in [1.29, 1.82) is 0 Å². The maximum absolute atomic E-state index is 13.5. The summed E-state index contributed by atoms with van der Waals surface area (Å²) in [6, 6.07) is 7.06. The third-order valence-electron chi connectivity index (χ3n) is 3.12. The van der Waals surface area contributed by atoms with E-state index in [-0.39, 0.29) is 5.82 Å². The van der Waals surface area contributed by atoms with Crippen LogP contribution in [0.1, 0.15) is 10.4 Å². The van der Waals surface area contributed by atoms with Crippen LogP contribution in [-0.2, 0) is 0 Å². The SMILES string of the molecule is O=C(Nc1cnc(-c2ccccc2Cl)cn1)c1c(F)cncc1F. The van der Waals surface area contributed by atoms with Crippen LogP contribution in [0.4, 0.5) is 14.6 Å². The van der Waals surface area contributed by atoms with Gasteiger partial charge in [0.2, 0.25) is 0 Å². The van der Waals surface area contributed by atoms with Crippen LogP contribution in [0.25, 0.3) is 11.3 Å². The van der Waals surface area contributed by atoms with Gasteiger partial charge in [0.25, 0.3) is 5.91 Å². The van der Waals surface area contributed by atoms with Gasteiger partial charge in [-0.2, -0.15) is 0 Å². The quantitative estimate of drug-likeness (QED) is 0.784. The molecule has 0 bridgehead atoms. The van der Waals surface area contributed by atoms with Gasteiger partial charge in [0, 0.05) is 5.56 Å². The van der Waals surface area contributed by atoms with E-state index >= 15 is 0 Å². The molecule has 0 unspecified atom stereocenters. The molecular formula is C16H9ClF2N4O. The highest BCUT2D eigenvalue weighted by molar-refractivity contribution is 6.33. The molecule has 120 valence electrons. The van der Waals surface area contributed by atoms with Gasteiger partial charge in [0.1, 0.15) is 5.56 Å². The highest BCUT2D eigenvalue weighted by atomic mass is 35.5. The van der Waals surface area contributed by atoms with Crippen LogP contribution in [0, 0.1) is 11.6 Å². The standard InChI is InChI=1S/C16H9ClF2N4O/c17-10-4-2-1-3-9(10)13-7-22-14(8-21-13)23-16(24)15-11(18)5-20-6-12(15)19/h1-8H,(H,22,23,24). The Balaban J connectivity index is 1.82. The van der Waals surface area contributed by atoms with Crippen LogP contribution in [0.15, 0.2) is 49.1 Å². The number of pyridine rings is 1.